The van der Waals surface area contributed by atoms with Gasteiger partial charge in [0.25, 0.3) is 0 Å². The van der Waals surface area contributed by atoms with E-state index in [1.807, 2.05) is 36.4 Å². The highest BCUT2D eigenvalue weighted by molar-refractivity contribution is 6.39. The van der Waals surface area contributed by atoms with Gasteiger partial charge in [0, 0.05) is 77.6 Å². The SMILES string of the molecule is CCC1CN([C@H]2CCc3cc(-c4cccc(-c5cccc(-c6cc7c(c(OC)n6)[C@@H](NC[C@@H]6CCC(=O)N6)CC7)c5Cl)c4Cl)nc(OC)c32)C1. The molecule has 3 atom stereocenters. The lowest BCUT2D eigenvalue weighted by Gasteiger charge is -2.43. The number of hydrogen-bond acceptors (Lipinski definition) is 7. The number of rotatable bonds is 10. The minimum Gasteiger partial charge on any atom is -0.481 e. The Morgan fingerprint density at radius 1 is 0.820 bits per heavy atom. The van der Waals surface area contributed by atoms with E-state index in [0.29, 0.717) is 34.3 Å². The third-order valence-corrected chi connectivity index (χ3v) is 12.0. The Hall–Kier alpha value is -3.69. The van der Waals surface area contributed by atoms with Gasteiger partial charge in [0.05, 0.1) is 35.7 Å². The van der Waals surface area contributed by atoms with Crippen molar-refractivity contribution in [1.29, 1.82) is 0 Å². The molecule has 50 heavy (non-hydrogen) atoms. The number of likely N-dealkylation sites (tertiary alicyclic amines) is 1. The van der Waals surface area contributed by atoms with Crippen molar-refractivity contribution in [2.45, 2.75) is 70.0 Å². The molecule has 0 bridgehead atoms. The van der Waals surface area contributed by atoms with Crippen LogP contribution in [-0.4, -0.2) is 60.7 Å². The highest BCUT2D eigenvalue weighted by Crippen LogP contribution is 2.48. The van der Waals surface area contributed by atoms with Crippen LogP contribution in [0.4, 0.5) is 0 Å². The molecule has 0 saturated carbocycles. The molecule has 2 fully saturated rings. The number of ether oxygens (including phenoxy) is 2. The van der Waals surface area contributed by atoms with Crippen molar-refractivity contribution < 1.29 is 14.3 Å². The summed E-state index contributed by atoms with van der Waals surface area (Å²) in [5.41, 5.74) is 9.68. The van der Waals surface area contributed by atoms with Gasteiger partial charge in [-0.25, -0.2) is 9.97 Å². The summed E-state index contributed by atoms with van der Waals surface area (Å²) in [6.45, 7) is 5.29. The van der Waals surface area contributed by atoms with E-state index in [1.54, 1.807) is 14.2 Å². The van der Waals surface area contributed by atoms with Gasteiger partial charge < -0.3 is 20.1 Å². The average molecular weight is 713 g/mol. The summed E-state index contributed by atoms with van der Waals surface area (Å²) in [7, 11) is 3.38. The van der Waals surface area contributed by atoms with Crippen LogP contribution in [0.1, 0.15) is 73.4 Å². The summed E-state index contributed by atoms with van der Waals surface area (Å²) < 4.78 is 11.8. The lowest BCUT2D eigenvalue weighted by Crippen LogP contribution is -2.47. The molecule has 2 saturated heterocycles. The van der Waals surface area contributed by atoms with Crippen molar-refractivity contribution in [1.82, 2.24) is 25.5 Å². The summed E-state index contributed by atoms with van der Waals surface area (Å²) in [4.78, 5) is 24.3. The number of nitrogens with one attached hydrogen (secondary N) is 2. The van der Waals surface area contributed by atoms with Crippen molar-refractivity contribution in [3.63, 3.8) is 0 Å². The van der Waals surface area contributed by atoms with E-state index in [-0.39, 0.29) is 18.0 Å². The Bertz CT molecular complexity index is 1960. The topological polar surface area (TPSA) is 88.6 Å². The molecule has 2 N–H and O–H groups in total. The monoisotopic (exact) mass is 711 g/mol. The van der Waals surface area contributed by atoms with Crippen LogP contribution in [0.3, 0.4) is 0 Å². The minimum absolute atomic E-state index is 0.115. The Kier molecular flexibility index (Phi) is 9.23. The summed E-state index contributed by atoms with van der Waals surface area (Å²) in [5, 5.41) is 7.86. The van der Waals surface area contributed by atoms with E-state index in [0.717, 1.165) is 96.9 Å². The zero-order chi connectivity index (χ0) is 34.5. The number of fused-ring (bicyclic) bond motifs is 2. The van der Waals surface area contributed by atoms with Gasteiger partial charge in [-0.15, -0.1) is 0 Å². The van der Waals surface area contributed by atoms with E-state index in [9.17, 15) is 4.79 Å². The van der Waals surface area contributed by atoms with Gasteiger partial charge in [-0.2, -0.15) is 0 Å². The standard InChI is InChI=1S/C40H43Cl2N5O3/c1-4-22-20-47(21-22)33-15-12-24-18-32(46-40(50-3)36(24)33)29-10-6-8-27(38(29)42)26-7-5-9-28(37(26)41)31-17-23-11-14-30(35(23)39(45-31)49-2)43-19-25-13-16-34(48)44-25/h5-10,17-18,22,25,30,33,43H,4,11-16,19-21H2,1-3H3,(H,44,48)/t25-,30-,33-/m0/s1. The number of aryl methyl sites for hydroxylation is 2. The lowest BCUT2D eigenvalue weighted by molar-refractivity contribution is -0.119. The zero-order valence-electron chi connectivity index (χ0n) is 28.8. The molecule has 4 aliphatic rings. The Labute approximate surface area is 303 Å². The third-order valence-electron chi connectivity index (χ3n) is 11.2. The molecule has 260 valence electrons. The number of benzene rings is 2. The van der Waals surface area contributed by atoms with E-state index < -0.39 is 0 Å². The van der Waals surface area contributed by atoms with Crippen molar-refractivity contribution in [3.8, 4) is 45.4 Å². The first kappa shape index (κ1) is 33.5. The van der Waals surface area contributed by atoms with Gasteiger partial charge in [-0.3, -0.25) is 9.69 Å². The first-order chi connectivity index (χ1) is 24.4. The number of carbonyl (C=O) groups excluding carboxylic acids is 1. The first-order valence-electron chi connectivity index (χ1n) is 17.9. The lowest BCUT2D eigenvalue weighted by atomic mass is 9.93. The van der Waals surface area contributed by atoms with Crippen LogP contribution in [-0.2, 0) is 17.6 Å². The van der Waals surface area contributed by atoms with Gasteiger partial charge in [0.2, 0.25) is 17.7 Å². The molecule has 4 aromatic rings. The predicted octanol–water partition coefficient (Wildman–Crippen LogP) is 7.99. The third kappa shape index (κ3) is 5.94. The smallest absolute Gasteiger partial charge is 0.220 e. The molecule has 0 spiro atoms. The maximum atomic E-state index is 11.7. The number of methoxy groups -OCH3 is 2. The summed E-state index contributed by atoms with van der Waals surface area (Å²) in [6.07, 6.45) is 6.60. The molecule has 2 aliphatic heterocycles. The van der Waals surface area contributed by atoms with E-state index in [2.05, 4.69) is 34.6 Å². The second-order valence-electron chi connectivity index (χ2n) is 14.1. The van der Waals surface area contributed by atoms with E-state index in [4.69, 9.17) is 42.6 Å². The number of carbonyl (C=O) groups is 1. The molecule has 1 amide bonds. The molecule has 4 heterocycles. The number of amides is 1. The van der Waals surface area contributed by atoms with E-state index >= 15 is 0 Å². The van der Waals surface area contributed by atoms with Crippen LogP contribution in [0.5, 0.6) is 11.8 Å². The number of aromatic nitrogens is 2. The van der Waals surface area contributed by atoms with E-state index in [1.165, 1.54) is 23.1 Å². The molecule has 2 aromatic heterocycles. The fourth-order valence-corrected chi connectivity index (χ4v) is 9.11. The molecule has 0 radical (unpaired) electrons. The highest BCUT2D eigenvalue weighted by atomic mass is 35.5. The zero-order valence-corrected chi connectivity index (χ0v) is 30.3. The molecule has 8 nitrogen and oxygen atoms in total. The first-order valence-corrected chi connectivity index (χ1v) is 18.6. The maximum Gasteiger partial charge on any atom is 0.220 e. The average Bonchev–Trinajstić information content (AvgIpc) is 3.85. The van der Waals surface area contributed by atoms with Gasteiger partial charge in [-0.1, -0.05) is 72.9 Å². The largest absolute Gasteiger partial charge is 0.481 e. The van der Waals surface area contributed by atoms with Crippen molar-refractivity contribution in [2.24, 2.45) is 5.92 Å². The Morgan fingerprint density at radius 3 is 1.98 bits per heavy atom. The molecule has 2 aliphatic carbocycles. The second kappa shape index (κ2) is 13.8. The normalized spacial score (nSPS) is 21.5. The maximum absolute atomic E-state index is 11.7. The summed E-state index contributed by atoms with van der Waals surface area (Å²) in [6, 6.07) is 17.0. The van der Waals surface area contributed by atoms with Gasteiger partial charge in [0.1, 0.15) is 0 Å². The molecular formula is C40H43Cl2N5O3. The predicted molar refractivity (Wildman–Crippen MR) is 198 cm³/mol. The summed E-state index contributed by atoms with van der Waals surface area (Å²) >= 11 is 14.5. The Balaban J connectivity index is 1.09. The van der Waals surface area contributed by atoms with Crippen LogP contribution < -0.4 is 20.1 Å². The quantitative estimate of drug-likeness (QED) is 0.172. The van der Waals surface area contributed by atoms with Crippen LogP contribution in [0, 0.1) is 5.92 Å². The second-order valence-corrected chi connectivity index (χ2v) is 14.9. The molecular weight excluding hydrogens is 669 g/mol. The van der Waals surface area contributed by atoms with Crippen LogP contribution >= 0.6 is 23.2 Å². The highest BCUT2D eigenvalue weighted by Gasteiger charge is 2.38. The van der Waals surface area contributed by atoms with Crippen molar-refractivity contribution >= 4 is 29.1 Å². The fraction of sp³-hybridized carbons (Fsp3) is 0.425. The minimum atomic E-state index is 0.115. The van der Waals surface area contributed by atoms with Gasteiger partial charge in [0.15, 0.2) is 0 Å². The molecule has 0 unspecified atom stereocenters. The fourth-order valence-electron chi connectivity index (χ4n) is 8.46. The van der Waals surface area contributed by atoms with Gasteiger partial charge in [-0.05, 0) is 61.3 Å². The Morgan fingerprint density at radius 2 is 1.40 bits per heavy atom. The van der Waals surface area contributed by atoms with Crippen molar-refractivity contribution in [2.75, 3.05) is 33.9 Å². The number of nitrogens with zero attached hydrogens (tertiary/aromatic N) is 3. The van der Waals surface area contributed by atoms with Crippen LogP contribution in [0.2, 0.25) is 10.0 Å². The number of hydrogen-bond donors (Lipinski definition) is 2. The van der Waals surface area contributed by atoms with Crippen LogP contribution in [0.25, 0.3) is 33.6 Å². The number of halogens is 2. The molecule has 2 aromatic carbocycles. The van der Waals surface area contributed by atoms with Crippen LogP contribution in [0.15, 0.2) is 48.5 Å². The summed E-state index contributed by atoms with van der Waals surface area (Å²) in [5.74, 6) is 2.21. The molecule has 10 heteroatoms. The van der Waals surface area contributed by atoms with Crippen molar-refractivity contribution in [3.05, 3.63) is 80.8 Å². The number of pyridine rings is 2. The van der Waals surface area contributed by atoms with Gasteiger partial charge >= 0.3 is 0 Å². The molecule has 8 rings (SSSR count).